The number of para-hydroxylation sites is 1. The molecule has 1 saturated heterocycles. The Morgan fingerprint density at radius 1 is 1.43 bits per heavy atom. The fourth-order valence-electron chi connectivity index (χ4n) is 2.17. The Morgan fingerprint density at radius 3 is 2.86 bits per heavy atom. The van der Waals surface area contributed by atoms with Gasteiger partial charge in [-0.2, -0.15) is 0 Å². The van der Waals surface area contributed by atoms with Crippen molar-refractivity contribution in [2.24, 2.45) is 5.84 Å². The number of nitrogens with one attached hydrogen (secondary N) is 2. The van der Waals surface area contributed by atoms with Gasteiger partial charge >= 0.3 is 5.69 Å². The van der Waals surface area contributed by atoms with Crippen LogP contribution >= 0.6 is 0 Å². The molecule has 0 saturated carbocycles. The van der Waals surface area contributed by atoms with Crippen LogP contribution in [-0.4, -0.2) is 41.3 Å². The first kappa shape index (κ1) is 14.7. The number of amides is 2. The molecule has 2 rings (SSSR count). The van der Waals surface area contributed by atoms with E-state index in [0.717, 1.165) is 0 Å². The molecule has 112 valence electrons. The van der Waals surface area contributed by atoms with Crippen LogP contribution in [0.25, 0.3) is 0 Å². The molecule has 0 aromatic heterocycles. The van der Waals surface area contributed by atoms with Gasteiger partial charge in [-0.05, 0) is 12.1 Å². The number of nitrogens with zero attached hydrogens (tertiary/aromatic N) is 2. The lowest BCUT2D eigenvalue weighted by atomic mass is 10.1. The standard InChI is InChI=1S/C12H15N5O4/c13-15-9-3-1-2-8(11(9)17(20)21)12(19)16-6-4-10(18)14-5-7-16/h1-3,15H,4-7,13H2,(H,14,18). The van der Waals surface area contributed by atoms with Crippen molar-refractivity contribution in [2.45, 2.75) is 6.42 Å². The summed E-state index contributed by atoms with van der Waals surface area (Å²) in [5.74, 6) is 4.61. The van der Waals surface area contributed by atoms with E-state index in [2.05, 4.69) is 10.7 Å². The van der Waals surface area contributed by atoms with Crippen LogP contribution in [0.2, 0.25) is 0 Å². The average molecular weight is 293 g/mol. The zero-order valence-corrected chi connectivity index (χ0v) is 11.2. The zero-order chi connectivity index (χ0) is 15.4. The maximum atomic E-state index is 12.5. The summed E-state index contributed by atoms with van der Waals surface area (Å²) in [6.07, 6.45) is 0.175. The second-order valence-electron chi connectivity index (χ2n) is 4.50. The molecule has 0 unspecified atom stereocenters. The predicted octanol–water partition coefficient (Wildman–Crippen LogP) is -0.157. The van der Waals surface area contributed by atoms with Gasteiger partial charge in [0, 0.05) is 26.1 Å². The van der Waals surface area contributed by atoms with Crippen molar-refractivity contribution >= 4 is 23.2 Å². The highest BCUT2D eigenvalue weighted by Gasteiger charge is 2.28. The third-order valence-corrected chi connectivity index (χ3v) is 3.20. The SMILES string of the molecule is NNc1cccc(C(=O)N2CCNC(=O)CC2)c1[N+](=O)[O-]. The number of hydrogen-bond donors (Lipinski definition) is 3. The second-order valence-corrected chi connectivity index (χ2v) is 4.50. The molecule has 1 fully saturated rings. The van der Waals surface area contributed by atoms with E-state index in [4.69, 9.17) is 5.84 Å². The van der Waals surface area contributed by atoms with Gasteiger partial charge in [0.1, 0.15) is 11.3 Å². The number of hydrazine groups is 1. The molecular weight excluding hydrogens is 278 g/mol. The highest BCUT2D eigenvalue weighted by atomic mass is 16.6. The van der Waals surface area contributed by atoms with Gasteiger partial charge in [0.2, 0.25) is 5.91 Å². The number of carbonyl (C=O) groups excluding carboxylic acids is 2. The Balaban J connectivity index is 2.34. The summed E-state index contributed by atoms with van der Waals surface area (Å²) in [4.78, 5) is 35.7. The van der Waals surface area contributed by atoms with E-state index in [0.29, 0.717) is 13.1 Å². The van der Waals surface area contributed by atoms with Gasteiger partial charge in [0.25, 0.3) is 5.91 Å². The topological polar surface area (TPSA) is 131 Å². The molecule has 9 heteroatoms. The lowest BCUT2D eigenvalue weighted by molar-refractivity contribution is -0.384. The second kappa shape index (κ2) is 6.18. The van der Waals surface area contributed by atoms with Crippen LogP contribution < -0.4 is 16.6 Å². The van der Waals surface area contributed by atoms with Crippen molar-refractivity contribution in [3.8, 4) is 0 Å². The number of hydrogen-bond acceptors (Lipinski definition) is 6. The molecule has 21 heavy (non-hydrogen) atoms. The minimum atomic E-state index is -0.649. The first-order valence-corrected chi connectivity index (χ1v) is 6.34. The van der Waals surface area contributed by atoms with Crippen LogP contribution in [0.15, 0.2) is 18.2 Å². The maximum absolute atomic E-state index is 12.5. The number of nitro benzene ring substituents is 1. The molecule has 1 aliphatic rings. The smallest absolute Gasteiger partial charge is 0.306 e. The normalized spacial score (nSPS) is 15.1. The molecule has 4 N–H and O–H groups in total. The fraction of sp³-hybridized carbons (Fsp3) is 0.333. The quantitative estimate of drug-likeness (QED) is 0.403. The van der Waals surface area contributed by atoms with E-state index in [9.17, 15) is 19.7 Å². The molecule has 0 spiro atoms. The monoisotopic (exact) mass is 293 g/mol. The molecule has 9 nitrogen and oxygen atoms in total. The minimum absolute atomic E-state index is 0.0511. The highest BCUT2D eigenvalue weighted by Crippen LogP contribution is 2.29. The molecule has 1 aromatic carbocycles. The molecule has 1 aromatic rings. The van der Waals surface area contributed by atoms with Crippen molar-refractivity contribution < 1.29 is 14.5 Å². The van der Waals surface area contributed by atoms with E-state index in [-0.39, 0.29) is 35.8 Å². The first-order chi connectivity index (χ1) is 10.0. The van der Waals surface area contributed by atoms with Gasteiger partial charge < -0.3 is 15.6 Å². The van der Waals surface area contributed by atoms with Crippen LogP contribution in [0.3, 0.4) is 0 Å². The molecule has 1 heterocycles. The summed E-state index contributed by atoms with van der Waals surface area (Å²) in [5, 5.41) is 13.8. The molecule has 1 aliphatic heterocycles. The molecule has 0 bridgehead atoms. The van der Waals surface area contributed by atoms with E-state index >= 15 is 0 Å². The van der Waals surface area contributed by atoms with E-state index < -0.39 is 10.8 Å². The number of carbonyl (C=O) groups is 2. The van der Waals surface area contributed by atoms with E-state index in [1.54, 1.807) is 0 Å². The fourth-order valence-corrected chi connectivity index (χ4v) is 2.17. The summed E-state index contributed by atoms with van der Waals surface area (Å²) in [7, 11) is 0. The molecule has 0 radical (unpaired) electrons. The number of rotatable bonds is 3. The summed E-state index contributed by atoms with van der Waals surface area (Å²) in [6.45, 7) is 0.858. The first-order valence-electron chi connectivity index (χ1n) is 6.34. The zero-order valence-electron chi connectivity index (χ0n) is 11.2. The average Bonchev–Trinajstić information content (AvgIpc) is 2.70. The highest BCUT2D eigenvalue weighted by molar-refractivity contribution is 6.00. The lowest BCUT2D eigenvalue weighted by Gasteiger charge is -2.19. The number of anilines is 1. The van der Waals surface area contributed by atoms with Gasteiger partial charge in [-0.25, -0.2) is 0 Å². The van der Waals surface area contributed by atoms with Crippen LogP contribution in [-0.2, 0) is 4.79 Å². The van der Waals surface area contributed by atoms with Gasteiger partial charge in [-0.1, -0.05) is 6.07 Å². The van der Waals surface area contributed by atoms with Crippen molar-refractivity contribution in [3.05, 3.63) is 33.9 Å². The number of nitrogen functional groups attached to an aromatic ring is 1. The Labute approximate surface area is 120 Å². The number of nitrogens with two attached hydrogens (primary N) is 1. The van der Waals surface area contributed by atoms with Crippen LogP contribution in [0.4, 0.5) is 11.4 Å². The van der Waals surface area contributed by atoms with Crippen LogP contribution in [0, 0.1) is 10.1 Å². The number of benzene rings is 1. The third kappa shape index (κ3) is 3.08. The Kier molecular flexibility index (Phi) is 4.33. The van der Waals surface area contributed by atoms with Crippen LogP contribution in [0.1, 0.15) is 16.8 Å². The Hall–Kier alpha value is -2.68. The van der Waals surface area contributed by atoms with Gasteiger partial charge in [0.15, 0.2) is 0 Å². The van der Waals surface area contributed by atoms with Crippen molar-refractivity contribution in [1.82, 2.24) is 10.2 Å². The van der Waals surface area contributed by atoms with Crippen LogP contribution in [0.5, 0.6) is 0 Å². The molecule has 0 aliphatic carbocycles. The molecule has 0 atom stereocenters. The van der Waals surface area contributed by atoms with Crippen molar-refractivity contribution in [1.29, 1.82) is 0 Å². The van der Waals surface area contributed by atoms with E-state index in [1.165, 1.54) is 23.1 Å². The molecular formula is C12H15N5O4. The summed E-state index contributed by atoms with van der Waals surface area (Å²) < 4.78 is 0. The van der Waals surface area contributed by atoms with Gasteiger partial charge in [-0.3, -0.25) is 25.5 Å². The minimum Gasteiger partial charge on any atom is -0.354 e. The maximum Gasteiger partial charge on any atom is 0.306 e. The summed E-state index contributed by atoms with van der Waals surface area (Å²) in [5.41, 5.74) is 1.86. The Morgan fingerprint density at radius 2 is 2.19 bits per heavy atom. The predicted molar refractivity (Wildman–Crippen MR) is 74.4 cm³/mol. The largest absolute Gasteiger partial charge is 0.354 e. The Bertz CT molecular complexity index is 589. The van der Waals surface area contributed by atoms with Gasteiger partial charge in [-0.15, -0.1) is 0 Å². The lowest BCUT2D eigenvalue weighted by Crippen LogP contribution is -2.34. The van der Waals surface area contributed by atoms with Crippen molar-refractivity contribution in [3.63, 3.8) is 0 Å². The van der Waals surface area contributed by atoms with Crippen molar-refractivity contribution in [2.75, 3.05) is 25.1 Å². The number of nitro groups is 1. The summed E-state index contributed by atoms with van der Waals surface area (Å²) >= 11 is 0. The van der Waals surface area contributed by atoms with Gasteiger partial charge in [0.05, 0.1) is 4.92 Å². The van der Waals surface area contributed by atoms with E-state index in [1.807, 2.05) is 0 Å². The molecule has 2 amide bonds. The third-order valence-electron chi connectivity index (χ3n) is 3.20. The summed E-state index contributed by atoms with van der Waals surface area (Å²) in [6, 6.07) is 4.31.